The van der Waals surface area contributed by atoms with Gasteiger partial charge in [-0.3, -0.25) is 14.3 Å². The third-order valence-corrected chi connectivity index (χ3v) is 3.41. The second-order valence-corrected chi connectivity index (χ2v) is 4.64. The maximum Gasteiger partial charge on any atom is 0.330 e. The Balaban J connectivity index is 2.44. The molecule has 2 rings (SSSR count). The van der Waals surface area contributed by atoms with Crippen LogP contribution < -0.4 is 11.2 Å². The van der Waals surface area contributed by atoms with Gasteiger partial charge >= 0.3 is 5.69 Å². The monoisotopic (exact) mass is 270 g/mol. The van der Waals surface area contributed by atoms with Crippen LogP contribution in [0.1, 0.15) is 25.1 Å². The molecule has 106 valence electrons. The molecule has 0 aromatic carbocycles. The van der Waals surface area contributed by atoms with Crippen LogP contribution in [0.4, 0.5) is 0 Å². The van der Waals surface area contributed by atoms with Crippen molar-refractivity contribution in [3.05, 3.63) is 32.6 Å². The fourth-order valence-corrected chi connectivity index (χ4v) is 2.31. The van der Waals surface area contributed by atoms with Gasteiger partial charge in [0.15, 0.2) is 6.23 Å². The molecule has 1 saturated heterocycles. The Morgan fingerprint density at radius 1 is 1.53 bits per heavy atom. The van der Waals surface area contributed by atoms with Crippen molar-refractivity contribution in [2.45, 2.75) is 44.8 Å². The summed E-state index contributed by atoms with van der Waals surface area (Å²) in [6.45, 7) is 3.48. The van der Waals surface area contributed by atoms with Gasteiger partial charge in [0.2, 0.25) is 0 Å². The van der Waals surface area contributed by atoms with Crippen LogP contribution in [0.2, 0.25) is 0 Å². The van der Waals surface area contributed by atoms with Gasteiger partial charge in [-0.1, -0.05) is 6.92 Å². The molecule has 7 heteroatoms. The maximum absolute atomic E-state index is 11.8. The number of nitrogens with one attached hydrogen (secondary N) is 1. The summed E-state index contributed by atoms with van der Waals surface area (Å²) in [4.78, 5) is 25.4. The molecule has 1 unspecified atom stereocenters. The summed E-state index contributed by atoms with van der Waals surface area (Å²) < 4.78 is 12.1. The van der Waals surface area contributed by atoms with E-state index in [9.17, 15) is 14.7 Å². The number of methoxy groups -OCH3 is 1. The first kappa shape index (κ1) is 14.0. The Hall–Kier alpha value is -1.44. The number of hydrogen-bond acceptors (Lipinski definition) is 5. The third-order valence-electron chi connectivity index (χ3n) is 3.41. The third kappa shape index (κ3) is 2.36. The highest BCUT2D eigenvalue weighted by atomic mass is 16.6. The van der Waals surface area contributed by atoms with E-state index in [4.69, 9.17) is 9.47 Å². The number of ether oxygens (including phenoxy) is 2. The van der Waals surface area contributed by atoms with Crippen molar-refractivity contribution >= 4 is 0 Å². The topological polar surface area (TPSA) is 93.6 Å². The minimum atomic E-state index is -0.806. The standard InChI is InChI=1S/C12H18N2O5/c1-4-7-8(15)9(18-3)11(19-7)14-5-6(2)10(16)13-12(14)17/h5,7-9,11,15H,4H2,1-3H3,(H,13,16,17)/t7-,8?,9+,11+/m1/s1. The smallest absolute Gasteiger partial charge is 0.330 e. The molecular formula is C12H18N2O5. The van der Waals surface area contributed by atoms with Crippen LogP contribution in [0.5, 0.6) is 0 Å². The molecule has 0 radical (unpaired) electrons. The van der Waals surface area contributed by atoms with E-state index in [0.29, 0.717) is 12.0 Å². The van der Waals surface area contributed by atoms with E-state index >= 15 is 0 Å². The summed E-state index contributed by atoms with van der Waals surface area (Å²) in [7, 11) is 1.45. The molecule has 0 aliphatic carbocycles. The van der Waals surface area contributed by atoms with Crippen molar-refractivity contribution in [1.29, 1.82) is 0 Å². The number of aliphatic hydroxyl groups is 1. The van der Waals surface area contributed by atoms with Crippen molar-refractivity contribution in [3.8, 4) is 0 Å². The van der Waals surface area contributed by atoms with Gasteiger partial charge in [-0.25, -0.2) is 4.79 Å². The van der Waals surface area contributed by atoms with Crippen molar-refractivity contribution in [2.75, 3.05) is 7.11 Å². The van der Waals surface area contributed by atoms with Gasteiger partial charge in [0.05, 0.1) is 6.10 Å². The molecule has 4 atom stereocenters. The van der Waals surface area contributed by atoms with Crippen LogP contribution in [0, 0.1) is 6.92 Å². The SMILES string of the molecule is CC[C@H]1O[C@H](n2cc(C)c(=O)[nH]c2=O)[C@@H](OC)C1O. The number of aryl methyl sites for hydroxylation is 1. The van der Waals surface area contributed by atoms with Gasteiger partial charge in [0.25, 0.3) is 5.56 Å². The highest BCUT2D eigenvalue weighted by Crippen LogP contribution is 2.31. The van der Waals surface area contributed by atoms with E-state index in [1.807, 2.05) is 6.92 Å². The molecular weight excluding hydrogens is 252 g/mol. The van der Waals surface area contributed by atoms with E-state index in [1.165, 1.54) is 17.9 Å². The summed E-state index contributed by atoms with van der Waals surface area (Å²) in [5.41, 5.74) is -0.611. The molecule has 0 bridgehead atoms. The van der Waals surface area contributed by atoms with Gasteiger partial charge in [-0.15, -0.1) is 0 Å². The zero-order valence-electron chi connectivity index (χ0n) is 11.1. The lowest BCUT2D eigenvalue weighted by atomic mass is 10.1. The van der Waals surface area contributed by atoms with E-state index in [2.05, 4.69) is 4.98 Å². The zero-order chi connectivity index (χ0) is 14.2. The van der Waals surface area contributed by atoms with Crippen LogP contribution in [-0.2, 0) is 9.47 Å². The first-order valence-electron chi connectivity index (χ1n) is 6.18. The second kappa shape index (κ2) is 5.28. The fourth-order valence-electron chi connectivity index (χ4n) is 2.31. The van der Waals surface area contributed by atoms with Crippen molar-refractivity contribution in [1.82, 2.24) is 9.55 Å². The minimum Gasteiger partial charge on any atom is -0.388 e. The normalized spacial score (nSPS) is 30.7. The second-order valence-electron chi connectivity index (χ2n) is 4.64. The summed E-state index contributed by atoms with van der Waals surface area (Å²) in [5, 5.41) is 10.1. The van der Waals surface area contributed by atoms with Gasteiger partial charge in [-0.2, -0.15) is 0 Å². The number of hydrogen-bond donors (Lipinski definition) is 2. The van der Waals surface area contributed by atoms with Crippen LogP contribution in [0.3, 0.4) is 0 Å². The number of aliphatic hydroxyl groups excluding tert-OH is 1. The number of rotatable bonds is 3. The van der Waals surface area contributed by atoms with Crippen molar-refractivity contribution < 1.29 is 14.6 Å². The molecule has 0 amide bonds. The average molecular weight is 270 g/mol. The predicted octanol–water partition coefficient (Wildman–Crippen LogP) is -0.472. The Labute approximate surface area is 109 Å². The lowest BCUT2D eigenvalue weighted by Crippen LogP contribution is -2.39. The Kier molecular flexibility index (Phi) is 3.88. The number of H-pyrrole nitrogens is 1. The highest BCUT2D eigenvalue weighted by Gasteiger charge is 2.44. The van der Waals surface area contributed by atoms with Gasteiger partial charge in [-0.05, 0) is 13.3 Å². The Morgan fingerprint density at radius 2 is 2.21 bits per heavy atom. The molecule has 1 aliphatic heterocycles. The van der Waals surface area contributed by atoms with Crippen LogP contribution >= 0.6 is 0 Å². The Bertz CT molecular complexity index is 564. The van der Waals surface area contributed by atoms with Gasteiger partial charge in [0.1, 0.15) is 12.2 Å². The lowest BCUT2D eigenvalue weighted by molar-refractivity contribution is -0.0543. The number of aromatic nitrogens is 2. The quantitative estimate of drug-likeness (QED) is 0.774. The van der Waals surface area contributed by atoms with E-state index in [1.54, 1.807) is 6.92 Å². The van der Waals surface area contributed by atoms with Crippen LogP contribution in [-0.4, -0.2) is 40.1 Å². The van der Waals surface area contributed by atoms with Crippen molar-refractivity contribution in [2.24, 2.45) is 0 Å². The van der Waals surface area contributed by atoms with Crippen LogP contribution in [0.15, 0.2) is 15.8 Å². The molecule has 1 aromatic heterocycles. The van der Waals surface area contributed by atoms with Gasteiger partial charge in [0, 0.05) is 18.9 Å². The Morgan fingerprint density at radius 3 is 2.79 bits per heavy atom. The van der Waals surface area contributed by atoms with E-state index in [-0.39, 0.29) is 0 Å². The van der Waals surface area contributed by atoms with E-state index < -0.39 is 35.8 Å². The van der Waals surface area contributed by atoms with E-state index in [0.717, 1.165) is 0 Å². The van der Waals surface area contributed by atoms with Crippen molar-refractivity contribution in [3.63, 3.8) is 0 Å². The first-order valence-corrected chi connectivity index (χ1v) is 6.18. The molecule has 0 spiro atoms. The number of aromatic amines is 1. The average Bonchev–Trinajstić information content (AvgIpc) is 2.70. The summed E-state index contributed by atoms with van der Waals surface area (Å²) in [6, 6.07) is 0. The first-order chi connectivity index (χ1) is 8.99. The summed E-state index contributed by atoms with van der Waals surface area (Å²) in [6.07, 6.45) is -0.564. The molecule has 0 saturated carbocycles. The van der Waals surface area contributed by atoms with Gasteiger partial charge < -0.3 is 14.6 Å². The molecule has 7 nitrogen and oxygen atoms in total. The minimum absolute atomic E-state index is 0.394. The molecule has 1 aliphatic rings. The lowest BCUT2D eigenvalue weighted by Gasteiger charge is -2.20. The fraction of sp³-hybridized carbons (Fsp3) is 0.667. The molecule has 1 aromatic rings. The molecule has 19 heavy (non-hydrogen) atoms. The summed E-state index contributed by atoms with van der Waals surface area (Å²) >= 11 is 0. The zero-order valence-corrected chi connectivity index (χ0v) is 11.1. The molecule has 2 N–H and O–H groups in total. The number of nitrogens with zero attached hydrogens (tertiary/aromatic N) is 1. The predicted molar refractivity (Wildman–Crippen MR) is 67.1 cm³/mol. The molecule has 2 heterocycles. The highest BCUT2D eigenvalue weighted by molar-refractivity contribution is 5.03. The van der Waals surface area contributed by atoms with Crippen LogP contribution in [0.25, 0.3) is 0 Å². The summed E-state index contributed by atoms with van der Waals surface area (Å²) in [5.74, 6) is 0. The maximum atomic E-state index is 11.8. The molecule has 1 fully saturated rings. The largest absolute Gasteiger partial charge is 0.388 e.